The first kappa shape index (κ1) is 14.7. The van der Waals surface area contributed by atoms with Gasteiger partial charge in [-0.3, -0.25) is 4.98 Å². The lowest BCUT2D eigenvalue weighted by Gasteiger charge is -2.17. The Morgan fingerprint density at radius 2 is 1.90 bits per heavy atom. The molecule has 0 aliphatic heterocycles. The Kier molecular flexibility index (Phi) is 3.96. The Balaban J connectivity index is 2.51. The molecule has 1 aromatic heterocycles. The molecule has 20 heavy (non-hydrogen) atoms. The molecule has 1 heterocycles. The molecule has 2 rings (SSSR count). The molecular formula is C13H8ClF4NO. The van der Waals surface area contributed by atoms with Crippen molar-refractivity contribution >= 4 is 11.6 Å². The average molecular weight is 306 g/mol. The normalized spacial score (nSPS) is 13.3. The van der Waals surface area contributed by atoms with Gasteiger partial charge in [-0.15, -0.1) is 0 Å². The zero-order chi connectivity index (χ0) is 14.9. The van der Waals surface area contributed by atoms with Gasteiger partial charge in [-0.1, -0.05) is 11.6 Å². The second kappa shape index (κ2) is 5.38. The number of aliphatic hydroxyl groups excluding tert-OH is 1. The molecule has 0 fully saturated rings. The van der Waals surface area contributed by atoms with Gasteiger partial charge in [0, 0.05) is 23.0 Å². The first-order chi connectivity index (χ1) is 9.29. The molecule has 2 aromatic rings. The van der Waals surface area contributed by atoms with Crippen LogP contribution in [0.5, 0.6) is 0 Å². The summed E-state index contributed by atoms with van der Waals surface area (Å²) < 4.78 is 51.7. The van der Waals surface area contributed by atoms with Crippen LogP contribution in [-0.2, 0) is 6.18 Å². The minimum absolute atomic E-state index is 0.0171. The fraction of sp³-hybridized carbons (Fsp3) is 0.154. The van der Waals surface area contributed by atoms with Crippen LogP contribution in [0, 0.1) is 5.82 Å². The maximum atomic E-state index is 13.2. The van der Waals surface area contributed by atoms with Crippen molar-refractivity contribution in [2.75, 3.05) is 0 Å². The fourth-order valence-corrected chi connectivity index (χ4v) is 2.03. The van der Waals surface area contributed by atoms with Crippen molar-refractivity contribution < 1.29 is 22.7 Å². The summed E-state index contributed by atoms with van der Waals surface area (Å²) in [6, 6.07) is 3.86. The predicted molar refractivity (Wildman–Crippen MR) is 64.7 cm³/mol. The van der Waals surface area contributed by atoms with Gasteiger partial charge >= 0.3 is 6.18 Å². The van der Waals surface area contributed by atoms with Crippen molar-refractivity contribution in [1.82, 2.24) is 4.98 Å². The summed E-state index contributed by atoms with van der Waals surface area (Å²) in [7, 11) is 0. The lowest BCUT2D eigenvalue weighted by Crippen LogP contribution is -2.13. The highest BCUT2D eigenvalue weighted by molar-refractivity contribution is 6.30. The van der Waals surface area contributed by atoms with Gasteiger partial charge in [-0.05, 0) is 29.8 Å². The van der Waals surface area contributed by atoms with E-state index in [1.807, 2.05) is 0 Å². The van der Waals surface area contributed by atoms with Crippen molar-refractivity contribution in [3.8, 4) is 0 Å². The van der Waals surface area contributed by atoms with E-state index in [2.05, 4.69) is 4.98 Å². The number of aromatic nitrogens is 1. The van der Waals surface area contributed by atoms with Crippen LogP contribution >= 0.6 is 11.6 Å². The average Bonchev–Trinajstić information content (AvgIpc) is 2.35. The van der Waals surface area contributed by atoms with Gasteiger partial charge in [0.1, 0.15) is 11.9 Å². The third-order valence-corrected chi connectivity index (χ3v) is 2.87. The number of pyridine rings is 1. The topological polar surface area (TPSA) is 33.1 Å². The lowest BCUT2D eigenvalue weighted by atomic mass is 9.98. The van der Waals surface area contributed by atoms with Crippen LogP contribution in [0.15, 0.2) is 36.7 Å². The van der Waals surface area contributed by atoms with Crippen LogP contribution < -0.4 is 0 Å². The Labute approximate surface area is 116 Å². The van der Waals surface area contributed by atoms with Gasteiger partial charge < -0.3 is 5.11 Å². The highest BCUT2D eigenvalue weighted by Crippen LogP contribution is 2.36. The van der Waals surface area contributed by atoms with Crippen molar-refractivity contribution in [1.29, 1.82) is 0 Å². The maximum Gasteiger partial charge on any atom is 0.416 e. The number of hydrogen-bond acceptors (Lipinski definition) is 2. The zero-order valence-corrected chi connectivity index (χ0v) is 10.6. The molecule has 0 bridgehead atoms. The number of rotatable bonds is 2. The molecule has 2 nitrogen and oxygen atoms in total. The number of halogens is 5. The van der Waals surface area contributed by atoms with Crippen LogP contribution in [0.25, 0.3) is 0 Å². The van der Waals surface area contributed by atoms with E-state index in [4.69, 9.17) is 11.6 Å². The molecule has 7 heteroatoms. The second-order valence-corrected chi connectivity index (χ2v) is 4.50. The molecule has 0 amide bonds. The molecule has 0 saturated heterocycles. The summed E-state index contributed by atoms with van der Waals surface area (Å²) in [4.78, 5) is 3.56. The minimum Gasteiger partial charge on any atom is -0.384 e. The number of hydrogen-bond donors (Lipinski definition) is 1. The van der Waals surface area contributed by atoms with Crippen LogP contribution in [0.3, 0.4) is 0 Å². The zero-order valence-electron chi connectivity index (χ0n) is 9.83. The second-order valence-electron chi connectivity index (χ2n) is 4.07. The maximum absolute atomic E-state index is 13.2. The summed E-state index contributed by atoms with van der Waals surface area (Å²) in [5.74, 6) is -0.746. The van der Waals surface area contributed by atoms with E-state index in [-0.39, 0.29) is 10.6 Å². The molecule has 0 spiro atoms. The van der Waals surface area contributed by atoms with Crippen LogP contribution in [-0.4, -0.2) is 10.1 Å². The summed E-state index contributed by atoms with van der Waals surface area (Å²) in [5, 5.41) is 10.0. The quantitative estimate of drug-likeness (QED) is 0.852. The first-order valence-corrected chi connectivity index (χ1v) is 5.82. The minimum atomic E-state index is -4.64. The van der Waals surface area contributed by atoms with E-state index in [0.29, 0.717) is 0 Å². The van der Waals surface area contributed by atoms with Crippen molar-refractivity contribution in [2.45, 2.75) is 12.3 Å². The van der Waals surface area contributed by atoms with E-state index >= 15 is 0 Å². The Bertz CT molecular complexity index is 610. The van der Waals surface area contributed by atoms with Gasteiger partial charge in [-0.25, -0.2) is 4.39 Å². The molecule has 106 valence electrons. The molecule has 1 unspecified atom stereocenters. The van der Waals surface area contributed by atoms with Crippen molar-refractivity contribution in [2.24, 2.45) is 0 Å². The molecular weight excluding hydrogens is 298 g/mol. The molecule has 1 atom stereocenters. The molecule has 0 saturated carbocycles. The Morgan fingerprint density at radius 3 is 2.50 bits per heavy atom. The molecule has 1 N–H and O–H groups in total. The highest BCUT2D eigenvalue weighted by atomic mass is 35.5. The van der Waals surface area contributed by atoms with Gasteiger partial charge in [0.2, 0.25) is 0 Å². The van der Waals surface area contributed by atoms with Gasteiger partial charge in [0.15, 0.2) is 0 Å². The van der Waals surface area contributed by atoms with Gasteiger partial charge in [-0.2, -0.15) is 13.2 Å². The van der Waals surface area contributed by atoms with Gasteiger partial charge in [0.05, 0.1) is 5.56 Å². The Morgan fingerprint density at radius 1 is 1.20 bits per heavy atom. The van der Waals surface area contributed by atoms with E-state index in [1.165, 1.54) is 6.07 Å². The van der Waals surface area contributed by atoms with Crippen molar-refractivity contribution in [3.63, 3.8) is 0 Å². The molecule has 0 aliphatic carbocycles. The first-order valence-electron chi connectivity index (χ1n) is 5.44. The SMILES string of the molecule is OC(c1cc(F)cc(Cl)c1)c1cnccc1C(F)(F)F. The summed E-state index contributed by atoms with van der Waals surface area (Å²) in [6.45, 7) is 0. The summed E-state index contributed by atoms with van der Waals surface area (Å²) in [6.07, 6.45) is -4.45. The van der Waals surface area contributed by atoms with E-state index in [9.17, 15) is 22.7 Å². The monoisotopic (exact) mass is 305 g/mol. The lowest BCUT2D eigenvalue weighted by molar-refractivity contribution is -0.139. The summed E-state index contributed by atoms with van der Waals surface area (Å²) >= 11 is 5.62. The fourth-order valence-electron chi connectivity index (χ4n) is 1.80. The smallest absolute Gasteiger partial charge is 0.384 e. The van der Waals surface area contributed by atoms with E-state index in [1.54, 1.807) is 0 Å². The standard InChI is InChI=1S/C13H8ClF4NO/c14-8-3-7(4-9(15)5-8)12(20)10-6-19-2-1-11(10)13(16,17)18/h1-6,12,20H. The largest absolute Gasteiger partial charge is 0.416 e. The number of benzene rings is 1. The van der Waals surface area contributed by atoms with Crippen molar-refractivity contribution in [3.05, 3.63) is 64.2 Å². The van der Waals surface area contributed by atoms with E-state index in [0.717, 1.165) is 30.6 Å². The third kappa shape index (κ3) is 3.08. The highest BCUT2D eigenvalue weighted by Gasteiger charge is 2.35. The number of nitrogens with zero attached hydrogens (tertiary/aromatic N) is 1. The van der Waals surface area contributed by atoms with Gasteiger partial charge in [0.25, 0.3) is 0 Å². The van der Waals surface area contributed by atoms with Crippen LogP contribution in [0.4, 0.5) is 17.6 Å². The predicted octanol–water partition coefficient (Wildman–Crippen LogP) is 3.97. The van der Waals surface area contributed by atoms with Crippen LogP contribution in [0.2, 0.25) is 5.02 Å². The summed E-state index contributed by atoms with van der Waals surface area (Å²) in [5.41, 5.74) is -1.56. The molecule has 0 radical (unpaired) electrons. The third-order valence-electron chi connectivity index (χ3n) is 2.65. The molecule has 1 aromatic carbocycles. The Hall–Kier alpha value is -1.66. The number of aliphatic hydroxyl groups is 1. The molecule has 0 aliphatic rings. The number of alkyl halides is 3. The van der Waals surface area contributed by atoms with Crippen LogP contribution in [0.1, 0.15) is 22.8 Å². The van der Waals surface area contributed by atoms with E-state index < -0.39 is 29.2 Å².